The number of likely N-dealkylation sites (tertiary alicyclic amines) is 1. The average molecular weight is 462 g/mol. The van der Waals surface area contributed by atoms with Crippen molar-refractivity contribution in [3.63, 3.8) is 0 Å². The molecule has 180 valence electrons. The van der Waals surface area contributed by atoms with E-state index in [0.717, 1.165) is 66.7 Å². The fraction of sp³-hybridized carbons (Fsp3) is 0.444. The third kappa shape index (κ3) is 5.90. The van der Waals surface area contributed by atoms with Crippen molar-refractivity contribution in [2.45, 2.75) is 38.8 Å². The summed E-state index contributed by atoms with van der Waals surface area (Å²) in [6.07, 6.45) is 5.88. The summed E-state index contributed by atoms with van der Waals surface area (Å²) in [4.78, 5) is 18.6. The van der Waals surface area contributed by atoms with Crippen LogP contribution in [0.15, 0.2) is 48.8 Å². The Balaban J connectivity index is 1.53. The van der Waals surface area contributed by atoms with Crippen LogP contribution >= 0.6 is 0 Å². The number of hydrogen-bond acceptors (Lipinski definition) is 7. The van der Waals surface area contributed by atoms with Crippen LogP contribution in [0.2, 0.25) is 0 Å². The van der Waals surface area contributed by atoms with E-state index in [4.69, 9.17) is 19.4 Å². The van der Waals surface area contributed by atoms with E-state index in [-0.39, 0.29) is 0 Å². The largest absolute Gasteiger partial charge is 0.496 e. The van der Waals surface area contributed by atoms with Crippen LogP contribution in [0, 0.1) is 0 Å². The van der Waals surface area contributed by atoms with Crippen LogP contribution in [0.25, 0.3) is 11.4 Å². The first kappa shape index (κ1) is 24.1. The van der Waals surface area contributed by atoms with Gasteiger partial charge in [-0.1, -0.05) is 6.07 Å². The monoisotopic (exact) mass is 461 g/mol. The molecule has 0 spiro atoms. The van der Waals surface area contributed by atoms with E-state index in [9.17, 15) is 0 Å². The quantitative estimate of drug-likeness (QED) is 0.464. The number of nitrogens with zero attached hydrogens (tertiary/aromatic N) is 5. The molecule has 0 amide bonds. The molecule has 0 N–H and O–H groups in total. The van der Waals surface area contributed by atoms with Crippen molar-refractivity contribution in [2.75, 3.05) is 45.8 Å². The van der Waals surface area contributed by atoms with E-state index in [0.29, 0.717) is 19.1 Å². The zero-order chi connectivity index (χ0) is 23.9. The molecule has 1 aromatic carbocycles. The van der Waals surface area contributed by atoms with Crippen molar-refractivity contribution in [1.82, 2.24) is 19.9 Å². The van der Waals surface area contributed by atoms with Gasteiger partial charge in [0.05, 0.1) is 19.4 Å². The van der Waals surface area contributed by atoms with E-state index in [1.54, 1.807) is 13.3 Å². The predicted molar refractivity (Wildman–Crippen MR) is 135 cm³/mol. The summed E-state index contributed by atoms with van der Waals surface area (Å²) in [6, 6.07) is 12.5. The van der Waals surface area contributed by atoms with Gasteiger partial charge < -0.3 is 14.4 Å². The Morgan fingerprint density at radius 2 is 2.03 bits per heavy atom. The van der Waals surface area contributed by atoms with E-state index in [1.807, 2.05) is 44.2 Å². The molecule has 1 atom stereocenters. The highest BCUT2D eigenvalue weighted by atomic mass is 16.5. The molecule has 1 aliphatic rings. The van der Waals surface area contributed by atoms with Gasteiger partial charge in [-0.3, -0.25) is 9.88 Å². The highest BCUT2D eigenvalue weighted by Crippen LogP contribution is 2.30. The molecule has 0 radical (unpaired) electrons. The molecule has 7 nitrogen and oxygen atoms in total. The summed E-state index contributed by atoms with van der Waals surface area (Å²) in [5, 5.41) is 0. The zero-order valence-electron chi connectivity index (χ0n) is 20.7. The second kappa shape index (κ2) is 11.4. The number of ether oxygens (including phenoxy) is 2. The zero-order valence-corrected chi connectivity index (χ0v) is 20.7. The lowest BCUT2D eigenvalue weighted by molar-refractivity contribution is 0.131. The number of rotatable bonds is 9. The van der Waals surface area contributed by atoms with E-state index in [1.165, 1.54) is 5.56 Å². The number of benzene rings is 1. The highest BCUT2D eigenvalue weighted by Gasteiger charge is 2.24. The Labute approximate surface area is 202 Å². The van der Waals surface area contributed by atoms with Gasteiger partial charge in [-0.2, -0.15) is 0 Å². The molecule has 2 aromatic heterocycles. The van der Waals surface area contributed by atoms with Crippen LogP contribution in [0.1, 0.15) is 42.5 Å². The standard InChI is InChI=1S/C27H35N5O2/c1-5-34-19-23-14-20(10-11-25(23)33-4)17-32-13-7-9-22(18-32)24-15-26(31(2)3)30-27(29-24)21-8-6-12-28-16-21/h6,8,10-12,14-16,22H,5,7,9,13,17-19H2,1-4H3. The maximum Gasteiger partial charge on any atom is 0.163 e. The van der Waals surface area contributed by atoms with Crippen molar-refractivity contribution in [1.29, 1.82) is 0 Å². The van der Waals surface area contributed by atoms with E-state index >= 15 is 0 Å². The molecule has 4 rings (SSSR count). The first-order chi connectivity index (χ1) is 16.6. The molecule has 1 saturated heterocycles. The highest BCUT2D eigenvalue weighted by molar-refractivity contribution is 5.56. The van der Waals surface area contributed by atoms with Gasteiger partial charge in [0.15, 0.2) is 5.82 Å². The van der Waals surface area contributed by atoms with Crippen LogP contribution in [-0.2, 0) is 17.9 Å². The van der Waals surface area contributed by atoms with E-state index < -0.39 is 0 Å². The summed E-state index contributed by atoms with van der Waals surface area (Å²) in [5.41, 5.74) is 4.43. The fourth-order valence-corrected chi connectivity index (χ4v) is 4.47. The van der Waals surface area contributed by atoms with E-state index in [2.05, 4.69) is 34.1 Å². The Hall–Kier alpha value is -3.03. The number of pyridine rings is 1. The Morgan fingerprint density at radius 3 is 2.76 bits per heavy atom. The van der Waals surface area contributed by atoms with Crippen LogP contribution < -0.4 is 9.64 Å². The third-order valence-corrected chi connectivity index (χ3v) is 6.25. The van der Waals surface area contributed by atoms with Crippen LogP contribution in [0.3, 0.4) is 0 Å². The minimum Gasteiger partial charge on any atom is -0.496 e. The molecule has 1 fully saturated rings. The van der Waals surface area contributed by atoms with Gasteiger partial charge in [0.25, 0.3) is 0 Å². The van der Waals surface area contributed by atoms with Gasteiger partial charge in [0.1, 0.15) is 11.6 Å². The van der Waals surface area contributed by atoms with Crippen molar-refractivity contribution in [3.05, 3.63) is 65.6 Å². The van der Waals surface area contributed by atoms with Crippen molar-refractivity contribution < 1.29 is 9.47 Å². The normalized spacial score (nSPS) is 16.4. The molecule has 34 heavy (non-hydrogen) atoms. The Kier molecular flexibility index (Phi) is 8.08. The molecule has 0 bridgehead atoms. The molecule has 3 heterocycles. The maximum absolute atomic E-state index is 5.64. The number of anilines is 1. The SMILES string of the molecule is CCOCc1cc(CN2CCCC(c3cc(N(C)C)nc(-c4cccnc4)n3)C2)ccc1OC. The molecule has 3 aromatic rings. The van der Waals surface area contributed by atoms with Crippen LogP contribution in [0.5, 0.6) is 5.75 Å². The second-order valence-corrected chi connectivity index (χ2v) is 8.97. The maximum atomic E-state index is 5.64. The summed E-state index contributed by atoms with van der Waals surface area (Å²) < 4.78 is 11.2. The molecule has 1 aliphatic heterocycles. The van der Waals surface area contributed by atoms with Gasteiger partial charge in [-0.15, -0.1) is 0 Å². The average Bonchev–Trinajstić information content (AvgIpc) is 2.88. The number of methoxy groups -OCH3 is 1. The summed E-state index contributed by atoms with van der Waals surface area (Å²) in [5.74, 6) is 2.92. The van der Waals surface area contributed by atoms with Gasteiger partial charge in [-0.25, -0.2) is 9.97 Å². The number of aromatic nitrogens is 3. The summed E-state index contributed by atoms with van der Waals surface area (Å²) in [7, 11) is 5.76. The second-order valence-electron chi connectivity index (χ2n) is 8.97. The molecular weight excluding hydrogens is 426 g/mol. The van der Waals surface area contributed by atoms with Crippen LogP contribution in [0.4, 0.5) is 5.82 Å². The fourth-order valence-electron chi connectivity index (χ4n) is 4.47. The predicted octanol–water partition coefficient (Wildman–Crippen LogP) is 4.53. The van der Waals surface area contributed by atoms with Crippen molar-refractivity contribution >= 4 is 5.82 Å². The summed E-state index contributed by atoms with van der Waals surface area (Å²) >= 11 is 0. The number of piperidine rings is 1. The van der Waals surface area contributed by atoms with Gasteiger partial charge in [0.2, 0.25) is 0 Å². The minimum atomic E-state index is 0.368. The first-order valence-electron chi connectivity index (χ1n) is 12.0. The Morgan fingerprint density at radius 1 is 1.15 bits per heavy atom. The van der Waals surface area contributed by atoms with Crippen molar-refractivity contribution in [3.8, 4) is 17.1 Å². The first-order valence-corrected chi connectivity index (χ1v) is 12.0. The molecule has 1 unspecified atom stereocenters. The lowest BCUT2D eigenvalue weighted by Crippen LogP contribution is -2.34. The molecule has 0 saturated carbocycles. The molecular formula is C27H35N5O2. The lowest BCUT2D eigenvalue weighted by Gasteiger charge is -2.33. The smallest absolute Gasteiger partial charge is 0.163 e. The number of hydrogen-bond donors (Lipinski definition) is 0. The third-order valence-electron chi connectivity index (χ3n) is 6.25. The van der Waals surface area contributed by atoms with Crippen molar-refractivity contribution in [2.24, 2.45) is 0 Å². The van der Waals surface area contributed by atoms with Gasteiger partial charge in [-0.05, 0) is 56.1 Å². The minimum absolute atomic E-state index is 0.368. The Bertz CT molecular complexity index is 1070. The molecule has 0 aliphatic carbocycles. The van der Waals surface area contributed by atoms with Gasteiger partial charge in [0, 0.05) is 69.3 Å². The van der Waals surface area contributed by atoms with Crippen LogP contribution in [-0.4, -0.2) is 60.8 Å². The van der Waals surface area contributed by atoms with Gasteiger partial charge >= 0.3 is 0 Å². The summed E-state index contributed by atoms with van der Waals surface area (Å²) in [6.45, 7) is 6.24. The lowest BCUT2D eigenvalue weighted by atomic mass is 9.93. The molecule has 7 heteroatoms. The topological polar surface area (TPSA) is 63.6 Å².